The number of ether oxygens (including phenoxy) is 1. The molecule has 8 heteroatoms. The molecule has 0 saturated carbocycles. The third-order valence-corrected chi connectivity index (χ3v) is 3.80. The van der Waals surface area contributed by atoms with Gasteiger partial charge < -0.3 is 20.1 Å². The first-order valence-electron chi connectivity index (χ1n) is 6.78. The SMILES string of the molecule is CS(=O)CCNC1(CC(=O)O)CN(C(=O)OC(C)(C)C)C1. The number of carboxylic acid groups (broad SMARTS) is 1. The third-order valence-electron chi connectivity index (χ3n) is 3.02. The predicted molar refractivity (Wildman–Crippen MR) is 79.7 cm³/mol. The molecule has 0 bridgehead atoms. The zero-order valence-corrected chi connectivity index (χ0v) is 13.8. The maximum Gasteiger partial charge on any atom is 0.410 e. The largest absolute Gasteiger partial charge is 0.481 e. The fraction of sp³-hybridized carbons (Fsp3) is 0.846. The van der Waals surface area contributed by atoms with Crippen molar-refractivity contribution in [2.24, 2.45) is 0 Å². The van der Waals surface area contributed by atoms with Gasteiger partial charge in [-0.25, -0.2) is 4.79 Å². The van der Waals surface area contributed by atoms with E-state index >= 15 is 0 Å². The fourth-order valence-electron chi connectivity index (χ4n) is 2.18. The number of carbonyl (C=O) groups excluding carboxylic acids is 1. The topological polar surface area (TPSA) is 95.9 Å². The summed E-state index contributed by atoms with van der Waals surface area (Å²) in [5, 5.41) is 12.1. The molecule has 0 aliphatic carbocycles. The maximum absolute atomic E-state index is 11.9. The molecule has 1 heterocycles. The molecule has 1 rings (SSSR count). The van der Waals surface area contributed by atoms with Crippen LogP contribution in [0.2, 0.25) is 0 Å². The van der Waals surface area contributed by atoms with Crippen LogP contribution in [0.15, 0.2) is 0 Å². The fourth-order valence-corrected chi connectivity index (χ4v) is 2.56. The van der Waals surface area contributed by atoms with Gasteiger partial charge in [0.2, 0.25) is 0 Å². The Bertz CT molecular complexity index is 427. The van der Waals surface area contributed by atoms with E-state index in [1.165, 1.54) is 4.90 Å². The zero-order valence-electron chi connectivity index (χ0n) is 13.0. The van der Waals surface area contributed by atoms with Crippen molar-refractivity contribution in [2.45, 2.75) is 38.3 Å². The Morgan fingerprint density at radius 1 is 1.38 bits per heavy atom. The van der Waals surface area contributed by atoms with Crippen LogP contribution < -0.4 is 5.32 Å². The van der Waals surface area contributed by atoms with Crippen molar-refractivity contribution in [2.75, 3.05) is 31.6 Å². The highest BCUT2D eigenvalue weighted by atomic mass is 32.2. The summed E-state index contributed by atoms with van der Waals surface area (Å²) >= 11 is 0. The molecule has 0 spiro atoms. The van der Waals surface area contributed by atoms with E-state index in [-0.39, 0.29) is 19.5 Å². The van der Waals surface area contributed by atoms with Crippen molar-refractivity contribution in [3.63, 3.8) is 0 Å². The van der Waals surface area contributed by atoms with Gasteiger partial charge in [-0.15, -0.1) is 0 Å². The second kappa shape index (κ2) is 6.74. The van der Waals surface area contributed by atoms with Crippen LogP contribution in [0.4, 0.5) is 4.79 Å². The summed E-state index contributed by atoms with van der Waals surface area (Å²) in [5.74, 6) is -0.475. The minimum Gasteiger partial charge on any atom is -0.481 e. The lowest BCUT2D eigenvalue weighted by atomic mass is 9.86. The number of rotatable bonds is 6. The first kappa shape index (κ1) is 17.9. The van der Waals surface area contributed by atoms with E-state index in [4.69, 9.17) is 9.84 Å². The van der Waals surface area contributed by atoms with E-state index in [0.29, 0.717) is 12.3 Å². The standard InChI is InChI=1S/C13H24N2O5S/c1-12(2,3)20-11(18)15-8-13(9-15,7-10(16)17)14-5-6-21(4)19/h14H,5-9H2,1-4H3,(H,16,17). The van der Waals surface area contributed by atoms with Gasteiger partial charge in [-0.3, -0.25) is 9.00 Å². The number of nitrogens with zero attached hydrogens (tertiary/aromatic N) is 1. The molecule has 0 aromatic rings. The average molecular weight is 320 g/mol. The van der Waals surface area contributed by atoms with Gasteiger partial charge >= 0.3 is 12.1 Å². The molecule has 7 nitrogen and oxygen atoms in total. The molecular formula is C13H24N2O5S. The molecule has 1 saturated heterocycles. The first-order valence-corrected chi connectivity index (χ1v) is 8.50. The molecule has 1 aliphatic heterocycles. The molecule has 21 heavy (non-hydrogen) atoms. The van der Waals surface area contributed by atoms with Gasteiger partial charge in [0.1, 0.15) is 5.60 Å². The molecule has 1 amide bonds. The smallest absolute Gasteiger partial charge is 0.410 e. The van der Waals surface area contributed by atoms with Crippen molar-refractivity contribution in [3.05, 3.63) is 0 Å². The van der Waals surface area contributed by atoms with Gasteiger partial charge in [-0.05, 0) is 20.8 Å². The second-order valence-electron chi connectivity index (χ2n) is 6.39. The Morgan fingerprint density at radius 3 is 2.38 bits per heavy atom. The van der Waals surface area contributed by atoms with Crippen molar-refractivity contribution in [1.29, 1.82) is 0 Å². The Kier molecular flexibility index (Phi) is 5.75. The van der Waals surface area contributed by atoms with Gasteiger partial charge in [0.05, 0.1) is 12.0 Å². The van der Waals surface area contributed by atoms with Crippen molar-refractivity contribution in [1.82, 2.24) is 10.2 Å². The number of hydrogen-bond donors (Lipinski definition) is 2. The van der Waals surface area contributed by atoms with Crippen LogP contribution in [0.25, 0.3) is 0 Å². The summed E-state index contributed by atoms with van der Waals surface area (Å²) in [6.45, 7) is 6.37. The average Bonchev–Trinajstić information content (AvgIpc) is 2.20. The molecule has 1 unspecified atom stereocenters. The highest BCUT2D eigenvalue weighted by Gasteiger charge is 2.47. The van der Waals surface area contributed by atoms with Gasteiger partial charge in [0.25, 0.3) is 0 Å². The summed E-state index contributed by atoms with van der Waals surface area (Å²) < 4.78 is 16.3. The van der Waals surface area contributed by atoms with Crippen LogP contribution in [0.5, 0.6) is 0 Å². The first-order chi connectivity index (χ1) is 9.53. The maximum atomic E-state index is 11.9. The molecule has 1 aliphatic rings. The zero-order chi connectivity index (χ0) is 16.3. The Balaban J connectivity index is 2.55. The molecule has 0 aromatic heterocycles. The van der Waals surface area contributed by atoms with Crippen LogP contribution in [-0.2, 0) is 20.3 Å². The second-order valence-corrected chi connectivity index (χ2v) is 7.95. The van der Waals surface area contributed by atoms with E-state index in [0.717, 1.165) is 0 Å². The summed E-state index contributed by atoms with van der Waals surface area (Å²) in [7, 11) is -0.937. The van der Waals surface area contributed by atoms with Crippen LogP contribution in [0.3, 0.4) is 0 Å². The van der Waals surface area contributed by atoms with Crippen molar-refractivity contribution >= 4 is 22.9 Å². The number of likely N-dealkylation sites (tertiary alicyclic amines) is 1. The lowest BCUT2D eigenvalue weighted by Gasteiger charge is -2.49. The molecule has 0 radical (unpaired) electrons. The third kappa shape index (κ3) is 6.01. The molecule has 1 atom stereocenters. The monoisotopic (exact) mass is 320 g/mol. The number of aliphatic carboxylic acids is 1. The number of hydrogen-bond acceptors (Lipinski definition) is 5. The Labute approximate surface area is 127 Å². The van der Waals surface area contributed by atoms with E-state index in [1.807, 2.05) is 0 Å². The summed E-state index contributed by atoms with van der Waals surface area (Å²) in [4.78, 5) is 24.3. The van der Waals surface area contributed by atoms with E-state index < -0.39 is 34.0 Å². The van der Waals surface area contributed by atoms with Crippen molar-refractivity contribution < 1.29 is 23.6 Å². The van der Waals surface area contributed by atoms with Gasteiger partial charge in [0.15, 0.2) is 0 Å². The summed E-state index contributed by atoms with van der Waals surface area (Å²) in [6.07, 6.45) is 1.08. The molecular weight excluding hydrogens is 296 g/mol. The number of carbonyl (C=O) groups is 2. The van der Waals surface area contributed by atoms with Crippen molar-refractivity contribution in [3.8, 4) is 0 Å². The van der Waals surface area contributed by atoms with Gasteiger partial charge in [0, 0.05) is 42.4 Å². The Morgan fingerprint density at radius 2 is 1.95 bits per heavy atom. The number of nitrogens with one attached hydrogen (secondary N) is 1. The molecule has 0 aromatic carbocycles. The van der Waals surface area contributed by atoms with Crippen LogP contribution >= 0.6 is 0 Å². The molecule has 122 valence electrons. The highest BCUT2D eigenvalue weighted by Crippen LogP contribution is 2.26. The van der Waals surface area contributed by atoms with E-state index in [2.05, 4.69) is 5.32 Å². The summed E-state index contributed by atoms with van der Waals surface area (Å²) in [6, 6.07) is 0. The Hall–Kier alpha value is -1.15. The van der Waals surface area contributed by atoms with Crippen LogP contribution in [-0.4, -0.2) is 69.1 Å². The lowest BCUT2D eigenvalue weighted by molar-refractivity contribution is -0.141. The minimum absolute atomic E-state index is 0.0807. The number of carboxylic acids is 1. The molecule has 1 fully saturated rings. The predicted octanol–water partition coefficient (Wildman–Crippen LogP) is 0.419. The summed E-state index contributed by atoms with van der Waals surface area (Å²) in [5.41, 5.74) is -1.23. The van der Waals surface area contributed by atoms with Gasteiger partial charge in [-0.2, -0.15) is 0 Å². The van der Waals surface area contributed by atoms with Crippen LogP contribution in [0.1, 0.15) is 27.2 Å². The van der Waals surface area contributed by atoms with Gasteiger partial charge in [-0.1, -0.05) is 0 Å². The van der Waals surface area contributed by atoms with E-state index in [1.54, 1.807) is 27.0 Å². The minimum atomic E-state index is -0.937. The quantitative estimate of drug-likeness (QED) is 0.736. The highest BCUT2D eigenvalue weighted by molar-refractivity contribution is 7.84. The lowest BCUT2D eigenvalue weighted by Crippen LogP contribution is -2.71. The molecule has 2 N–H and O–H groups in total. The van der Waals surface area contributed by atoms with Crippen LogP contribution in [0, 0.1) is 0 Å². The van der Waals surface area contributed by atoms with E-state index in [9.17, 15) is 13.8 Å². The normalized spacial score (nSPS) is 18.8. The number of amides is 1.